The first-order valence-electron chi connectivity index (χ1n) is 8.09. The Bertz CT molecular complexity index is 243. The van der Waals surface area contributed by atoms with Crippen LogP contribution in [0.25, 0.3) is 0 Å². The van der Waals surface area contributed by atoms with Gasteiger partial charge in [-0.2, -0.15) is 0 Å². The lowest BCUT2D eigenvalue weighted by Crippen LogP contribution is -2.39. The first-order chi connectivity index (χ1) is 8.69. The summed E-state index contributed by atoms with van der Waals surface area (Å²) in [5.41, 5.74) is 0. The Balaban J connectivity index is 1.81. The van der Waals surface area contributed by atoms with Crippen LogP contribution in [0.1, 0.15) is 58.8 Å². The van der Waals surface area contributed by atoms with Gasteiger partial charge >= 0.3 is 0 Å². The molecule has 1 heterocycles. The molecule has 106 valence electrons. The van der Waals surface area contributed by atoms with E-state index >= 15 is 0 Å². The van der Waals surface area contributed by atoms with Crippen molar-refractivity contribution in [2.45, 2.75) is 64.9 Å². The van der Waals surface area contributed by atoms with Gasteiger partial charge in [-0.3, -0.25) is 0 Å². The van der Waals surface area contributed by atoms with Crippen molar-refractivity contribution in [1.82, 2.24) is 4.90 Å². The Kier molecular flexibility index (Phi) is 5.50. The predicted molar refractivity (Wildman–Crippen MR) is 76.6 cm³/mol. The molecule has 4 unspecified atom stereocenters. The molecule has 18 heavy (non-hydrogen) atoms. The van der Waals surface area contributed by atoms with Crippen LogP contribution >= 0.6 is 0 Å². The number of likely N-dealkylation sites (tertiary alicyclic amines) is 1. The third kappa shape index (κ3) is 3.96. The number of nitrogens with zero attached hydrogens (tertiary/aromatic N) is 1. The fourth-order valence-corrected chi connectivity index (χ4v) is 3.83. The minimum absolute atomic E-state index is 0.0357. The lowest BCUT2D eigenvalue weighted by atomic mass is 9.80. The first kappa shape index (κ1) is 14.3. The van der Waals surface area contributed by atoms with Crippen LogP contribution < -0.4 is 0 Å². The van der Waals surface area contributed by atoms with Crippen LogP contribution in [0, 0.1) is 17.8 Å². The van der Waals surface area contributed by atoms with Crippen LogP contribution in [0.2, 0.25) is 0 Å². The highest BCUT2D eigenvalue weighted by atomic mass is 16.3. The van der Waals surface area contributed by atoms with E-state index in [1.54, 1.807) is 0 Å². The number of hydrogen-bond donors (Lipinski definition) is 1. The summed E-state index contributed by atoms with van der Waals surface area (Å²) < 4.78 is 0. The molecule has 0 bridgehead atoms. The molecule has 0 aromatic carbocycles. The summed E-state index contributed by atoms with van der Waals surface area (Å²) in [4.78, 5) is 2.63. The van der Waals surface area contributed by atoms with Gasteiger partial charge in [-0.25, -0.2) is 0 Å². The maximum Gasteiger partial charge on any atom is 0.0580 e. The van der Waals surface area contributed by atoms with Crippen molar-refractivity contribution in [3.63, 3.8) is 0 Å². The summed E-state index contributed by atoms with van der Waals surface area (Å²) in [7, 11) is 0. The second-order valence-electron chi connectivity index (χ2n) is 6.75. The number of aliphatic hydroxyl groups is 1. The highest BCUT2D eigenvalue weighted by Gasteiger charge is 2.29. The number of aliphatic hydroxyl groups excluding tert-OH is 1. The lowest BCUT2D eigenvalue weighted by Gasteiger charge is -2.35. The Morgan fingerprint density at radius 2 is 1.94 bits per heavy atom. The lowest BCUT2D eigenvalue weighted by molar-refractivity contribution is 0.0309. The zero-order valence-corrected chi connectivity index (χ0v) is 12.3. The van der Waals surface area contributed by atoms with E-state index in [0.29, 0.717) is 5.92 Å². The SMILES string of the molecule is CCC1CCCN(CC2CC(C)CCC2O)CC1. The van der Waals surface area contributed by atoms with Crippen molar-refractivity contribution in [1.29, 1.82) is 0 Å². The molecule has 1 saturated carbocycles. The summed E-state index contributed by atoms with van der Waals surface area (Å²) in [6.07, 6.45) is 8.92. The molecule has 2 nitrogen and oxygen atoms in total. The van der Waals surface area contributed by atoms with Gasteiger partial charge in [0.25, 0.3) is 0 Å². The third-order valence-corrected chi connectivity index (χ3v) is 5.21. The Hall–Kier alpha value is -0.0800. The van der Waals surface area contributed by atoms with Crippen molar-refractivity contribution in [3.05, 3.63) is 0 Å². The molecule has 0 radical (unpaired) electrons. The zero-order valence-electron chi connectivity index (χ0n) is 12.3. The van der Waals surface area contributed by atoms with Crippen molar-refractivity contribution < 1.29 is 5.11 Å². The van der Waals surface area contributed by atoms with E-state index in [0.717, 1.165) is 24.8 Å². The molecular weight excluding hydrogens is 222 g/mol. The molecule has 2 heteroatoms. The normalized spacial score (nSPS) is 39.5. The molecule has 1 N–H and O–H groups in total. The van der Waals surface area contributed by atoms with E-state index < -0.39 is 0 Å². The molecule has 0 spiro atoms. The molecule has 1 saturated heterocycles. The van der Waals surface area contributed by atoms with Crippen molar-refractivity contribution in [3.8, 4) is 0 Å². The number of hydrogen-bond acceptors (Lipinski definition) is 2. The Morgan fingerprint density at radius 3 is 2.72 bits per heavy atom. The van der Waals surface area contributed by atoms with E-state index in [1.165, 1.54) is 51.6 Å². The maximum absolute atomic E-state index is 10.2. The second kappa shape index (κ2) is 6.91. The summed E-state index contributed by atoms with van der Waals surface area (Å²) in [5.74, 6) is 2.30. The van der Waals surface area contributed by atoms with Gasteiger partial charge in [0.1, 0.15) is 0 Å². The van der Waals surface area contributed by atoms with Crippen LogP contribution in [-0.2, 0) is 0 Å². The molecule has 2 aliphatic rings. The Morgan fingerprint density at radius 1 is 1.11 bits per heavy atom. The van der Waals surface area contributed by atoms with Crippen molar-refractivity contribution in [2.75, 3.05) is 19.6 Å². The molecule has 1 aliphatic heterocycles. The molecular formula is C16H31NO. The van der Waals surface area contributed by atoms with E-state index in [2.05, 4.69) is 18.7 Å². The van der Waals surface area contributed by atoms with Crippen LogP contribution in [0.5, 0.6) is 0 Å². The molecule has 0 aromatic rings. The molecule has 0 aromatic heterocycles. The number of rotatable bonds is 3. The zero-order chi connectivity index (χ0) is 13.0. The van der Waals surface area contributed by atoms with Crippen LogP contribution in [0.4, 0.5) is 0 Å². The molecule has 1 aliphatic carbocycles. The van der Waals surface area contributed by atoms with E-state index in [-0.39, 0.29) is 6.10 Å². The van der Waals surface area contributed by atoms with E-state index in [9.17, 15) is 5.11 Å². The van der Waals surface area contributed by atoms with Gasteiger partial charge in [-0.15, -0.1) is 0 Å². The molecule has 4 atom stereocenters. The van der Waals surface area contributed by atoms with E-state index in [4.69, 9.17) is 0 Å². The van der Waals surface area contributed by atoms with Gasteiger partial charge in [-0.1, -0.05) is 20.3 Å². The minimum Gasteiger partial charge on any atom is -0.393 e. The first-order valence-corrected chi connectivity index (χ1v) is 8.09. The average Bonchev–Trinajstić information content (AvgIpc) is 2.59. The summed E-state index contributed by atoms with van der Waals surface area (Å²) in [5, 5.41) is 10.2. The van der Waals surface area contributed by atoms with Gasteiger partial charge in [0.2, 0.25) is 0 Å². The highest BCUT2D eigenvalue weighted by Crippen LogP contribution is 2.30. The average molecular weight is 253 g/mol. The van der Waals surface area contributed by atoms with Gasteiger partial charge in [0.15, 0.2) is 0 Å². The summed E-state index contributed by atoms with van der Waals surface area (Å²) in [6, 6.07) is 0. The van der Waals surface area contributed by atoms with Crippen LogP contribution in [0.15, 0.2) is 0 Å². The fourth-order valence-electron chi connectivity index (χ4n) is 3.83. The summed E-state index contributed by atoms with van der Waals surface area (Å²) in [6.45, 7) is 8.33. The van der Waals surface area contributed by atoms with Crippen LogP contribution in [0.3, 0.4) is 0 Å². The highest BCUT2D eigenvalue weighted by molar-refractivity contribution is 4.81. The predicted octanol–water partition coefficient (Wildman–Crippen LogP) is 3.30. The Labute approximate surface area is 113 Å². The monoisotopic (exact) mass is 253 g/mol. The maximum atomic E-state index is 10.2. The quantitative estimate of drug-likeness (QED) is 0.834. The minimum atomic E-state index is -0.0357. The van der Waals surface area contributed by atoms with Gasteiger partial charge in [-0.05, 0) is 69.4 Å². The largest absolute Gasteiger partial charge is 0.393 e. The molecule has 2 fully saturated rings. The van der Waals surface area contributed by atoms with E-state index in [1.807, 2.05) is 0 Å². The second-order valence-corrected chi connectivity index (χ2v) is 6.75. The molecule has 2 rings (SSSR count). The standard InChI is InChI=1S/C16H31NO/c1-3-14-5-4-9-17(10-8-14)12-15-11-13(2)6-7-16(15)18/h13-16,18H,3-12H2,1-2H3. The van der Waals surface area contributed by atoms with Crippen molar-refractivity contribution in [2.24, 2.45) is 17.8 Å². The third-order valence-electron chi connectivity index (χ3n) is 5.21. The molecule has 0 amide bonds. The van der Waals surface area contributed by atoms with Gasteiger partial charge in [0, 0.05) is 6.54 Å². The van der Waals surface area contributed by atoms with Gasteiger partial charge < -0.3 is 10.0 Å². The van der Waals surface area contributed by atoms with Gasteiger partial charge in [0.05, 0.1) is 6.10 Å². The van der Waals surface area contributed by atoms with Crippen molar-refractivity contribution >= 4 is 0 Å². The summed E-state index contributed by atoms with van der Waals surface area (Å²) >= 11 is 0. The van der Waals surface area contributed by atoms with Crippen LogP contribution in [-0.4, -0.2) is 35.7 Å². The smallest absolute Gasteiger partial charge is 0.0580 e. The fraction of sp³-hybridized carbons (Fsp3) is 1.00. The topological polar surface area (TPSA) is 23.5 Å².